The van der Waals surface area contributed by atoms with Crippen molar-refractivity contribution in [3.63, 3.8) is 0 Å². The van der Waals surface area contributed by atoms with Crippen LogP contribution in [0.3, 0.4) is 0 Å². The van der Waals surface area contributed by atoms with Gasteiger partial charge in [-0.15, -0.1) is 0 Å². The maximum Gasteiger partial charge on any atom is 0.0710 e. The minimum atomic E-state index is 0.377. The molecule has 3 atom stereocenters. The molecule has 3 nitrogen and oxygen atoms in total. The van der Waals surface area contributed by atoms with Crippen molar-refractivity contribution in [3.8, 4) is 0 Å². The molecule has 0 saturated carbocycles. The van der Waals surface area contributed by atoms with Crippen molar-refractivity contribution in [1.82, 2.24) is 4.90 Å². The lowest BCUT2D eigenvalue weighted by Gasteiger charge is -2.32. The summed E-state index contributed by atoms with van der Waals surface area (Å²) in [7, 11) is 1.80. The standard InChI is InChI=1S/C15H24N2O/c1-12(13-6-4-3-5-7-13)15(10-16)17-9-8-14(11-17)18-2/h3-7,12,14-15H,8-11,16H2,1-2H3. The van der Waals surface area contributed by atoms with E-state index in [4.69, 9.17) is 10.5 Å². The first-order chi connectivity index (χ1) is 8.76. The number of nitrogens with two attached hydrogens (primary N) is 1. The lowest BCUT2D eigenvalue weighted by atomic mass is 9.92. The highest BCUT2D eigenvalue weighted by atomic mass is 16.5. The number of benzene rings is 1. The Kier molecular flexibility index (Phi) is 4.75. The van der Waals surface area contributed by atoms with Gasteiger partial charge in [0.25, 0.3) is 0 Å². The van der Waals surface area contributed by atoms with Crippen LogP contribution in [0.15, 0.2) is 30.3 Å². The SMILES string of the molecule is COC1CCN(C(CN)C(C)c2ccccc2)C1. The summed E-state index contributed by atoms with van der Waals surface area (Å²) in [6.45, 7) is 5.08. The van der Waals surface area contributed by atoms with Crippen LogP contribution in [0.25, 0.3) is 0 Å². The summed E-state index contributed by atoms with van der Waals surface area (Å²) in [4.78, 5) is 2.48. The fourth-order valence-corrected chi connectivity index (χ4v) is 2.90. The Labute approximate surface area is 110 Å². The number of hydrogen-bond acceptors (Lipinski definition) is 3. The molecule has 100 valence electrons. The Morgan fingerprint density at radius 3 is 2.67 bits per heavy atom. The van der Waals surface area contributed by atoms with Gasteiger partial charge in [-0.05, 0) is 17.9 Å². The molecule has 1 fully saturated rings. The maximum atomic E-state index is 6.00. The highest BCUT2D eigenvalue weighted by Gasteiger charge is 2.30. The molecular formula is C15H24N2O. The van der Waals surface area contributed by atoms with Gasteiger partial charge in [0.15, 0.2) is 0 Å². The summed E-state index contributed by atoms with van der Waals surface area (Å²) in [5, 5.41) is 0. The third-order valence-corrected chi connectivity index (χ3v) is 4.12. The summed E-state index contributed by atoms with van der Waals surface area (Å²) in [5.41, 5.74) is 7.36. The smallest absolute Gasteiger partial charge is 0.0710 e. The molecule has 1 saturated heterocycles. The first kappa shape index (κ1) is 13.5. The molecule has 1 aromatic carbocycles. The van der Waals surface area contributed by atoms with Crippen LogP contribution in [0.2, 0.25) is 0 Å². The van der Waals surface area contributed by atoms with Crippen molar-refractivity contribution in [2.24, 2.45) is 5.73 Å². The Hall–Kier alpha value is -0.900. The van der Waals surface area contributed by atoms with Crippen LogP contribution in [-0.4, -0.2) is 43.8 Å². The van der Waals surface area contributed by atoms with Gasteiger partial charge in [-0.3, -0.25) is 4.90 Å². The Morgan fingerprint density at radius 1 is 1.39 bits per heavy atom. The Balaban J connectivity index is 2.05. The van der Waals surface area contributed by atoms with Crippen LogP contribution in [-0.2, 0) is 4.74 Å². The molecule has 2 rings (SSSR count). The maximum absolute atomic E-state index is 6.00. The van der Waals surface area contributed by atoms with Gasteiger partial charge in [0.05, 0.1) is 6.10 Å². The molecule has 2 N–H and O–H groups in total. The van der Waals surface area contributed by atoms with Crippen LogP contribution in [0, 0.1) is 0 Å². The van der Waals surface area contributed by atoms with E-state index in [1.165, 1.54) is 5.56 Å². The minimum absolute atomic E-state index is 0.377. The topological polar surface area (TPSA) is 38.5 Å². The van der Waals surface area contributed by atoms with E-state index >= 15 is 0 Å². The molecular weight excluding hydrogens is 224 g/mol. The fourth-order valence-electron chi connectivity index (χ4n) is 2.90. The van der Waals surface area contributed by atoms with Gasteiger partial charge < -0.3 is 10.5 Å². The van der Waals surface area contributed by atoms with Crippen molar-refractivity contribution in [1.29, 1.82) is 0 Å². The van der Waals surface area contributed by atoms with Crippen LogP contribution >= 0.6 is 0 Å². The van der Waals surface area contributed by atoms with Crippen LogP contribution < -0.4 is 5.73 Å². The number of methoxy groups -OCH3 is 1. The fraction of sp³-hybridized carbons (Fsp3) is 0.600. The van der Waals surface area contributed by atoms with Crippen molar-refractivity contribution in [2.75, 3.05) is 26.7 Å². The van der Waals surface area contributed by atoms with Crippen molar-refractivity contribution in [3.05, 3.63) is 35.9 Å². The Bertz CT molecular complexity index is 355. The van der Waals surface area contributed by atoms with Gasteiger partial charge in [0.1, 0.15) is 0 Å². The first-order valence-electron chi connectivity index (χ1n) is 6.78. The van der Waals surface area contributed by atoms with E-state index in [1.54, 1.807) is 7.11 Å². The summed E-state index contributed by atoms with van der Waals surface area (Å²) in [6, 6.07) is 11.1. The first-order valence-corrected chi connectivity index (χ1v) is 6.78. The molecule has 18 heavy (non-hydrogen) atoms. The lowest BCUT2D eigenvalue weighted by molar-refractivity contribution is 0.0989. The monoisotopic (exact) mass is 248 g/mol. The molecule has 1 aliphatic rings. The minimum Gasteiger partial charge on any atom is -0.380 e. The van der Waals surface area contributed by atoms with Crippen LogP contribution in [0.5, 0.6) is 0 Å². The molecule has 3 unspecified atom stereocenters. The Morgan fingerprint density at radius 2 is 2.11 bits per heavy atom. The molecule has 3 heteroatoms. The molecule has 0 spiro atoms. The lowest BCUT2D eigenvalue weighted by Crippen LogP contribution is -2.43. The molecule has 0 aliphatic carbocycles. The van der Waals surface area contributed by atoms with Gasteiger partial charge >= 0.3 is 0 Å². The second-order valence-corrected chi connectivity index (χ2v) is 5.14. The van der Waals surface area contributed by atoms with E-state index in [0.29, 0.717) is 24.6 Å². The molecule has 1 aliphatic heterocycles. The van der Waals surface area contributed by atoms with Gasteiger partial charge in [-0.25, -0.2) is 0 Å². The van der Waals surface area contributed by atoms with Crippen molar-refractivity contribution < 1.29 is 4.74 Å². The summed E-state index contributed by atoms with van der Waals surface area (Å²) >= 11 is 0. The van der Waals surface area contributed by atoms with Crippen molar-refractivity contribution >= 4 is 0 Å². The van der Waals surface area contributed by atoms with Gasteiger partial charge in [0, 0.05) is 32.8 Å². The largest absolute Gasteiger partial charge is 0.380 e. The van der Waals surface area contributed by atoms with Gasteiger partial charge in [-0.2, -0.15) is 0 Å². The molecule has 0 amide bonds. The van der Waals surface area contributed by atoms with Crippen LogP contribution in [0.1, 0.15) is 24.8 Å². The summed E-state index contributed by atoms with van der Waals surface area (Å²) in [6.07, 6.45) is 1.50. The molecule has 0 bridgehead atoms. The number of hydrogen-bond donors (Lipinski definition) is 1. The van der Waals surface area contributed by atoms with E-state index in [9.17, 15) is 0 Å². The third kappa shape index (κ3) is 2.91. The predicted octanol–water partition coefficient (Wildman–Crippen LogP) is 1.84. The highest BCUT2D eigenvalue weighted by molar-refractivity contribution is 5.21. The molecule has 0 radical (unpaired) electrons. The average molecular weight is 248 g/mol. The number of likely N-dealkylation sites (tertiary alicyclic amines) is 1. The van der Waals surface area contributed by atoms with E-state index in [-0.39, 0.29) is 0 Å². The summed E-state index contributed by atoms with van der Waals surface area (Å²) in [5.74, 6) is 0.465. The van der Waals surface area contributed by atoms with E-state index in [1.807, 2.05) is 0 Å². The van der Waals surface area contributed by atoms with E-state index in [0.717, 1.165) is 19.5 Å². The number of rotatable bonds is 5. The second kappa shape index (κ2) is 6.32. The zero-order chi connectivity index (χ0) is 13.0. The van der Waals surface area contributed by atoms with E-state index < -0.39 is 0 Å². The quantitative estimate of drug-likeness (QED) is 0.864. The molecule has 0 aromatic heterocycles. The average Bonchev–Trinajstić information content (AvgIpc) is 2.89. The summed E-state index contributed by atoms with van der Waals surface area (Å²) < 4.78 is 5.44. The van der Waals surface area contributed by atoms with Gasteiger partial charge in [-0.1, -0.05) is 37.3 Å². The number of ether oxygens (including phenoxy) is 1. The molecule has 1 heterocycles. The highest BCUT2D eigenvalue weighted by Crippen LogP contribution is 2.26. The zero-order valence-electron chi connectivity index (χ0n) is 11.4. The van der Waals surface area contributed by atoms with E-state index in [2.05, 4.69) is 42.2 Å². The zero-order valence-corrected chi connectivity index (χ0v) is 11.4. The molecule has 1 aromatic rings. The third-order valence-electron chi connectivity index (χ3n) is 4.12. The van der Waals surface area contributed by atoms with Gasteiger partial charge in [0.2, 0.25) is 0 Å². The normalized spacial score (nSPS) is 24.1. The second-order valence-electron chi connectivity index (χ2n) is 5.14. The van der Waals surface area contributed by atoms with Crippen molar-refractivity contribution in [2.45, 2.75) is 31.4 Å². The van der Waals surface area contributed by atoms with Crippen LogP contribution in [0.4, 0.5) is 0 Å². The number of nitrogens with zero attached hydrogens (tertiary/aromatic N) is 1. The predicted molar refractivity (Wildman–Crippen MR) is 74.7 cm³/mol.